The molecule has 0 aliphatic carbocycles. The summed E-state index contributed by atoms with van der Waals surface area (Å²) in [5, 5.41) is 0. The second-order valence-electron chi connectivity index (χ2n) is 9.54. The summed E-state index contributed by atoms with van der Waals surface area (Å²) in [6, 6.07) is 21.3. The SMILES string of the molecule is COc1cc(C[C@@H](C)[C@@H](C)Cc2ccc(OC(=O)c3ccccn3)c(OC)c2)ccc1OC(=O)c1ccccn1. The topological polar surface area (TPSA) is 96.8 Å². The lowest BCUT2D eigenvalue weighted by Crippen LogP contribution is -2.14. The van der Waals surface area contributed by atoms with Crippen LogP contribution in [0.5, 0.6) is 23.0 Å². The van der Waals surface area contributed by atoms with Crippen LogP contribution in [-0.4, -0.2) is 36.1 Å². The molecule has 2 atom stereocenters. The molecule has 2 aromatic carbocycles. The highest BCUT2D eigenvalue weighted by molar-refractivity contribution is 5.89. The van der Waals surface area contributed by atoms with Crippen molar-refractivity contribution in [2.24, 2.45) is 11.8 Å². The van der Waals surface area contributed by atoms with Crippen molar-refractivity contribution in [3.8, 4) is 23.0 Å². The molecule has 0 aliphatic rings. The van der Waals surface area contributed by atoms with Crippen molar-refractivity contribution in [1.29, 1.82) is 0 Å². The molecule has 0 amide bonds. The zero-order valence-corrected chi connectivity index (χ0v) is 23.0. The monoisotopic (exact) mass is 540 g/mol. The van der Waals surface area contributed by atoms with Crippen LogP contribution in [0.1, 0.15) is 46.0 Å². The first-order valence-corrected chi connectivity index (χ1v) is 13.0. The van der Waals surface area contributed by atoms with Gasteiger partial charge in [-0.15, -0.1) is 0 Å². The fraction of sp³-hybridized carbons (Fsp3) is 0.250. The third-order valence-corrected chi connectivity index (χ3v) is 6.70. The highest BCUT2D eigenvalue weighted by Crippen LogP contribution is 2.33. The molecule has 0 unspecified atom stereocenters. The van der Waals surface area contributed by atoms with Gasteiger partial charge >= 0.3 is 11.9 Å². The van der Waals surface area contributed by atoms with E-state index in [-0.39, 0.29) is 11.4 Å². The first-order valence-electron chi connectivity index (χ1n) is 13.0. The van der Waals surface area contributed by atoms with E-state index in [1.54, 1.807) is 75.1 Å². The van der Waals surface area contributed by atoms with Gasteiger partial charge in [0.2, 0.25) is 0 Å². The highest BCUT2D eigenvalue weighted by Gasteiger charge is 2.19. The van der Waals surface area contributed by atoms with Crippen molar-refractivity contribution in [2.45, 2.75) is 26.7 Å². The predicted molar refractivity (Wildman–Crippen MR) is 150 cm³/mol. The van der Waals surface area contributed by atoms with E-state index in [2.05, 4.69) is 23.8 Å². The minimum absolute atomic E-state index is 0.229. The minimum Gasteiger partial charge on any atom is -0.493 e. The number of carbonyl (C=O) groups excluding carboxylic acids is 2. The molecular formula is C32H32N2O6. The fourth-order valence-corrected chi connectivity index (χ4v) is 4.26. The maximum absolute atomic E-state index is 12.4. The molecule has 0 saturated heterocycles. The molecule has 2 aromatic heterocycles. The molecule has 8 heteroatoms. The number of hydrogen-bond donors (Lipinski definition) is 0. The van der Waals surface area contributed by atoms with Crippen molar-refractivity contribution in [2.75, 3.05) is 14.2 Å². The van der Waals surface area contributed by atoms with E-state index in [1.807, 2.05) is 24.3 Å². The van der Waals surface area contributed by atoms with E-state index < -0.39 is 11.9 Å². The summed E-state index contributed by atoms with van der Waals surface area (Å²) in [4.78, 5) is 32.9. The standard InChI is InChI=1S/C32H32N2O6/c1-21(17-23-11-13-27(29(19-23)37-3)39-31(35)25-9-5-7-15-33-25)22(2)18-24-12-14-28(30(20-24)38-4)40-32(36)26-10-6-8-16-34-26/h5-16,19-22H,17-18H2,1-4H3/t21-,22+. The zero-order valence-electron chi connectivity index (χ0n) is 23.0. The second-order valence-corrected chi connectivity index (χ2v) is 9.54. The number of methoxy groups -OCH3 is 2. The van der Waals surface area contributed by atoms with Crippen LogP contribution in [-0.2, 0) is 12.8 Å². The molecule has 4 rings (SSSR count). The number of aromatic nitrogens is 2. The van der Waals surface area contributed by atoms with Gasteiger partial charge in [0.15, 0.2) is 23.0 Å². The van der Waals surface area contributed by atoms with Crippen LogP contribution >= 0.6 is 0 Å². The number of ether oxygens (including phenoxy) is 4. The Bertz CT molecular complexity index is 1330. The van der Waals surface area contributed by atoms with E-state index >= 15 is 0 Å². The van der Waals surface area contributed by atoms with Crippen LogP contribution in [0, 0.1) is 11.8 Å². The quantitative estimate of drug-likeness (QED) is 0.169. The summed E-state index contributed by atoms with van der Waals surface area (Å²) in [7, 11) is 3.10. The van der Waals surface area contributed by atoms with E-state index in [1.165, 1.54) is 0 Å². The number of hydrogen-bond acceptors (Lipinski definition) is 8. The number of carbonyl (C=O) groups is 2. The molecule has 0 spiro atoms. The number of pyridine rings is 2. The Balaban J connectivity index is 1.38. The van der Waals surface area contributed by atoms with Crippen LogP contribution in [0.15, 0.2) is 85.2 Å². The molecule has 0 N–H and O–H groups in total. The van der Waals surface area contributed by atoms with E-state index in [4.69, 9.17) is 18.9 Å². The van der Waals surface area contributed by atoms with Gasteiger partial charge in [0.25, 0.3) is 0 Å². The molecule has 0 saturated carbocycles. The van der Waals surface area contributed by atoms with E-state index in [9.17, 15) is 9.59 Å². The van der Waals surface area contributed by atoms with Crippen LogP contribution in [0.2, 0.25) is 0 Å². The van der Waals surface area contributed by atoms with Gasteiger partial charge in [-0.2, -0.15) is 0 Å². The van der Waals surface area contributed by atoms with Gasteiger partial charge in [-0.1, -0.05) is 38.1 Å². The van der Waals surface area contributed by atoms with Crippen molar-refractivity contribution >= 4 is 11.9 Å². The predicted octanol–water partition coefficient (Wildman–Crippen LogP) is 5.99. The maximum Gasteiger partial charge on any atom is 0.362 e. The third kappa shape index (κ3) is 7.22. The Hall–Kier alpha value is -4.72. The lowest BCUT2D eigenvalue weighted by molar-refractivity contribution is 0.0714. The van der Waals surface area contributed by atoms with E-state index in [0.29, 0.717) is 34.8 Å². The van der Waals surface area contributed by atoms with E-state index in [0.717, 1.165) is 24.0 Å². The fourth-order valence-electron chi connectivity index (χ4n) is 4.26. The van der Waals surface area contributed by atoms with Gasteiger partial charge in [0, 0.05) is 12.4 Å². The van der Waals surface area contributed by atoms with Gasteiger partial charge in [-0.05, 0) is 84.3 Å². The van der Waals surface area contributed by atoms with Gasteiger partial charge in [-0.3, -0.25) is 0 Å². The Morgan fingerprint density at radius 2 is 1.05 bits per heavy atom. The molecule has 4 aromatic rings. The third-order valence-electron chi connectivity index (χ3n) is 6.70. The lowest BCUT2D eigenvalue weighted by atomic mass is 9.85. The molecular weight excluding hydrogens is 508 g/mol. The van der Waals surface area contributed by atoms with Gasteiger partial charge in [0.1, 0.15) is 11.4 Å². The first kappa shape index (κ1) is 28.3. The van der Waals surface area contributed by atoms with Gasteiger partial charge in [-0.25, -0.2) is 19.6 Å². The summed E-state index contributed by atoms with van der Waals surface area (Å²) in [6.07, 6.45) is 4.70. The minimum atomic E-state index is -0.540. The van der Waals surface area contributed by atoms with Gasteiger partial charge in [0.05, 0.1) is 14.2 Å². The Labute approximate surface area is 233 Å². The summed E-state index contributed by atoms with van der Waals surface area (Å²) in [5.74, 6) is 1.25. The molecule has 2 heterocycles. The number of benzene rings is 2. The average Bonchev–Trinajstić information content (AvgIpc) is 2.99. The Kier molecular flexibility index (Phi) is 9.46. The summed E-state index contributed by atoms with van der Waals surface area (Å²) < 4.78 is 22.0. The smallest absolute Gasteiger partial charge is 0.362 e. The largest absolute Gasteiger partial charge is 0.493 e. The molecule has 8 nitrogen and oxygen atoms in total. The Morgan fingerprint density at radius 3 is 1.40 bits per heavy atom. The summed E-state index contributed by atoms with van der Waals surface area (Å²) in [6.45, 7) is 4.40. The zero-order chi connectivity index (χ0) is 28.5. The van der Waals surface area contributed by atoms with Crippen LogP contribution in [0.4, 0.5) is 0 Å². The molecule has 206 valence electrons. The number of rotatable bonds is 11. The number of nitrogens with zero attached hydrogens (tertiary/aromatic N) is 2. The van der Waals surface area contributed by atoms with Crippen molar-refractivity contribution in [1.82, 2.24) is 9.97 Å². The normalized spacial score (nSPS) is 12.2. The van der Waals surface area contributed by atoms with Gasteiger partial charge < -0.3 is 18.9 Å². The first-order chi connectivity index (χ1) is 19.4. The van der Waals surface area contributed by atoms with Crippen molar-refractivity contribution in [3.05, 3.63) is 108 Å². The molecule has 0 radical (unpaired) electrons. The average molecular weight is 541 g/mol. The Morgan fingerprint density at radius 1 is 0.625 bits per heavy atom. The van der Waals surface area contributed by atoms with Crippen LogP contribution in [0.3, 0.4) is 0 Å². The molecule has 0 bridgehead atoms. The number of esters is 2. The maximum atomic E-state index is 12.4. The summed E-state index contributed by atoms with van der Waals surface area (Å²) in [5.41, 5.74) is 2.60. The molecule has 0 aliphatic heterocycles. The molecule has 0 fully saturated rings. The van der Waals surface area contributed by atoms with Crippen molar-refractivity contribution in [3.63, 3.8) is 0 Å². The van der Waals surface area contributed by atoms with Crippen LogP contribution < -0.4 is 18.9 Å². The highest BCUT2D eigenvalue weighted by atomic mass is 16.6. The lowest BCUT2D eigenvalue weighted by Gasteiger charge is -2.21. The van der Waals surface area contributed by atoms with Crippen molar-refractivity contribution < 1.29 is 28.5 Å². The second kappa shape index (κ2) is 13.4. The molecule has 40 heavy (non-hydrogen) atoms. The van der Waals surface area contributed by atoms with Crippen LogP contribution in [0.25, 0.3) is 0 Å². The summed E-state index contributed by atoms with van der Waals surface area (Å²) >= 11 is 0.